The average Bonchev–Trinajstić information content (AvgIpc) is 3.15. The quantitative estimate of drug-likeness (QED) is 0.566. The number of nitrogens with zero attached hydrogens (tertiary/aromatic N) is 3. The number of hydrogen-bond donors (Lipinski definition) is 1. The highest BCUT2D eigenvalue weighted by Crippen LogP contribution is 2.28. The van der Waals surface area contributed by atoms with Gasteiger partial charge in [0.1, 0.15) is 19.8 Å². The van der Waals surface area contributed by atoms with E-state index in [2.05, 4.69) is 4.72 Å². The first-order valence-corrected chi connectivity index (χ1v) is 12.9. The van der Waals surface area contributed by atoms with Crippen molar-refractivity contribution in [3.63, 3.8) is 0 Å². The van der Waals surface area contributed by atoms with Crippen LogP contribution in [0.25, 0.3) is 0 Å². The Bertz CT molecular complexity index is 1220. The molecule has 1 aliphatic heterocycles. The van der Waals surface area contributed by atoms with Gasteiger partial charge in [0.25, 0.3) is 5.91 Å². The zero-order chi connectivity index (χ0) is 25.0. The Morgan fingerprint density at radius 1 is 1.15 bits per heavy atom. The van der Waals surface area contributed by atoms with Gasteiger partial charge in [0.05, 0.1) is 6.26 Å². The number of nitrogens with one attached hydrogen (secondary N) is 1. The molecule has 0 atom stereocenters. The van der Waals surface area contributed by atoms with Crippen molar-refractivity contribution >= 4 is 56.6 Å². The van der Waals surface area contributed by atoms with Gasteiger partial charge in [-0.2, -0.15) is 0 Å². The Kier molecular flexibility index (Phi) is 8.19. The smallest absolute Gasteiger partial charge is 0.254 e. The van der Waals surface area contributed by atoms with E-state index in [4.69, 9.17) is 23.2 Å². The minimum atomic E-state index is -3.48. The summed E-state index contributed by atoms with van der Waals surface area (Å²) >= 11 is 12.2. The molecular formula is C22H24Cl2N4O5S. The van der Waals surface area contributed by atoms with Crippen LogP contribution in [0.2, 0.25) is 10.0 Å². The minimum Gasteiger partial charge on any atom is -0.328 e. The molecule has 3 rings (SSSR count). The number of carbonyl (C=O) groups is 3. The number of halogens is 2. The van der Waals surface area contributed by atoms with E-state index in [1.807, 2.05) is 0 Å². The van der Waals surface area contributed by atoms with E-state index >= 15 is 0 Å². The van der Waals surface area contributed by atoms with Crippen LogP contribution in [-0.4, -0.2) is 75.0 Å². The van der Waals surface area contributed by atoms with Crippen molar-refractivity contribution in [2.24, 2.45) is 0 Å². The fourth-order valence-electron chi connectivity index (χ4n) is 3.50. The summed E-state index contributed by atoms with van der Waals surface area (Å²) in [4.78, 5) is 42.8. The molecule has 1 aliphatic rings. The van der Waals surface area contributed by atoms with Crippen LogP contribution in [0.5, 0.6) is 0 Å². The van der Waals surface area contributed by atoms with Crippen LogP contribution in [0.4, 0.5) is 5.69 Å². The molecule has 3 amide bonds. The Labute approximate surface area is 208 Å². The third-order valence-corrected chi connectivity index (χ3v) is 6.63. The van der Waals surface area contributed by atoms with Crippen molar-refractivity contribution in [2.45, 2.75) is 6.92 Å². The van der Waals surface area contributed by atoms with Crippen LogP contribution < -0.4 is 9.62 Å². The van der Waals surface area contributed by atoms with Gasteiger partial charge in [-0.3, -0.25) is 19.3 Å². The van der Waals surface area contributed by atoms with Crippen LogP contribution >= 0.6 is 23.2 Å². The van der Waals surface area contributed by atoms with Crippen molar-refractivity contribution in [1.29, 1.82) is 0 Å². The first-order valence-electron chi connectivity index (χ1n) is 10.3. The maximum absolute atomic E-state index is 13.1. The molecule has 182 valence electrons. The standard InChI is InChI=1S/C22H24Cl2N4O5S/c1-15-18(24)7-4-8-19(15)28-14-27(13-21(28)30)20(29)12-26(10-9-25-34(2,32)33)22(31)16-5-3-6-17(23)11-16/h3-8,11,25H,9-10,12-14H2,1-2H3. The molecule has 2 aromatic carbocycles. The summed E-state index contributed by atoms with van der Waals surface area (Å²) in [6.07, 6.45) is 1.00. The fourth-order valence-corrected chi connectivity index (χ4v) is 4.32. The van der Waals surface area contributed by atoms with E-state index < -0.39 is 21.8 Å². The van der Waals surface area contributed by atoms with Gasteiger partial charge in [-0.1, -0.05) is 35.3 Å². The number of amides is 3. The van der Waals surface area contributed by atoms with E-state index in [0.717, 1.165) is 11.8 Å². The topological polar surface area (TPSA) is 107 Å². The lowest BCUT2D eigenvalue weighted by molar-refractivity contribution is -0.132. The van der Waals surface area contributed by atoms with Gasteiger partial charge in [0, 0.05) is 34.4 Å². The van der Waals surface area contributed by atoms with E-state index in [1.54, 1.807) is 43.3 Å². The van der Waals surface area contributed by atoms with Crippen molar-refractivity contribution in [1.82, 2.24) is 14.5 Å². The monoisotopic (exact) mass is 526 g/mol. The summed E-state index contributed by atoms with van der Waals surface area (Å²) in [7, 11) is -3.48. The van der Waals surface area contributed by atoms with Crippen LogP contribution in [0.3, 0.4) is 0 Å². The summed E-state index contributed by atoms with van der Waals surface area (Å²) in [6.45, 7) is 1.18. The third-order valence-electron chi connectivity index (χ3n) is 5.25. The number of carbonyl (C=O) groups excluding carboxylic acids is 3. The van der Waals surface area contributed by atoms with Gasteiger partial charge >= 0.3 is 0 Å². The molecule has 0 saturated carbocycles. The summed E-state index contributed by atoms with van der Waals surface area (Å²) in [5.74, 6) is -1.21. The molecule has 34 heavy (non-hydrogen) atoms. The van der Waals surface area contributed by atoms with Gasteiger partial charge < -0.3 is 9.80 Å². The first-order chi connectivity index (χ1) is 16.0. The number of rotatable bonds is 8. The zero-order valence-electron chi connectivity index (χ0n) is 18.6. The SMILES string of the molecule is Cc1c(Cl)cccc1N1CN(C(=O)CN(CCNS(C)(=O)=O)C(=O)c2cccc(Cl)c2)CC1=O. The second-order valence-corrected chi connectivity index (χ2v) is 10.5. The van der Waals surface area contributed by atoms with Crippen molar-refractivity contribution in [3.05, 3.63) is 63.6 Å². The van der Waals surface area contributed by atoms with Gasteiger partial charge in [-0.15, -0.1) is 0 Å². The van der Waals surface area contributed by atoms with Crippen LogP contribution in [-0.2, 0) is 19.6 Å². The summed E-state index contributed by atoms with van der Waals surface area (Å²) in [5, 5.41) is 0.857. The van der Waals surface area contributed by atoms with Crippen LogP contribution in [0.15, 0.2) is 42.5 Å². The van der Waals surface area contributed by atoms with Gasteiger partial charge in [-0.05, 0) is 42.8 Å². The third kappa shape index (κ3) is 6.47. The second kappa shape index (κ2) is 10.7. The largest absolute Gasteiger partial charge is 0.328 e. The normalized spacial score (nSPS) is 13.9. The minimum absolute atomic E-state index is 0.0135. The summed E-state index contributed by atoms with van der Waals surface area (Å²) < 4.78 is 25.2. The van der Waals surface area contributed by atoms with E-state index in [1.165, 1.54) is 20.8 Å². The lowest BCUT2D eigenvalue weighted by atomic mass is 10.2. The second-order valence-electron chi connectivity index (χ2n) is 7.84. The lowest BCUT2D eigenvalue weighted by Crippen LogP contribution is -2.45. The Morgan fingerprint density at radius 3 is 2.53 bits per heavy atom. The molecule has 1 heterocycles. The molecule has 1 fully saturated rings. The van der Waals surface area contributed by atoms with Gasteiger partial charge in [0.15, 0.2) is 0 Å². The van der Waals surface area contributed by atoms with E-state index in [-0.39, 0.29) is 44.3 Å². The molecule has 12 heteroatoms. The molecular weight excluding hydrogens is 503 g/mol. The molecule has 1 N–H and O–H groups in total. The molecule has 9 nitrogen and oxygen atoms in total. The zero-order valence-corrected chi connectivity index (χ0v) is 21.0. The van der Waals surface area contributed by atoms with Gasteiger partial charge in [-0.25, -0.2) is 13.1 Å². The predicted octanol–water partition coefficient (Wildman–Crippen LogP) is 2.13. The molecule has 0 spiro atoms. The van der Waals surface area contributed by atoms with Crippen molar-refractivity contribution < 1.29 is 22.8 Å². The van der Waals surface area contributed by atoms with Crippen LogP contribution in [0.1, 0.15) is 15.9 Å². The van der Waals surface area contributed by atoms with E-state index in [0.29, 0.717) is 15.7 Å². The molecule has 0 aromatic heterocycles. The highest BCUT2D eigenvalue weighted by atomic mass is 35.5. The molecule has 0 unspecified atom stereocenters. The lowest BCUT2D eigenvalue weighted by Gasteiger charge is -2.25. The average molecular weight is 527 g/mol. The molecule has 0 aliphatic carbocycles. The summed E-state index contributed by atoms with van der Waals surface area (Å²) in [6, 6.07) is 11.4. The van der Waals surface area contributed by atoms with Crippen molar-refractivity contribution in [3.8, 4) is 0 Å². The fraction of sp³-hybridized carbons (Fsp3) is 0.318. The molecule has 1 saturated heterocycles. The maximum Gasteiger partial charge on any atom is 0.254 e. The number of hydrogen-bond acceptors (Lipinski definition) is 5. The molecule has 2 aromatic rings. The van der Waals surface area contributed by atoms with E-state index in [9.17, 15) is 22.8 Å². The maximum atomic E-state index is 13.1. The number of anilines is 1. The Hall–Kier alpha value is -2.66. The first kappa shape index (κ1) is 26.0. The Morgan fingerprint density at radius 2 is 1.85 bits per heavy atom. The Balaban J connectivity index is 1.76. The molecule has 0 bridgehead atoms. The van der Waals surface area contributed by atoms with Crippen LogP contribution in [0, 0.1) is 6.92 Å². The molecule has 0 radical (unpaired) electrons. The predicted molar refractivity (Wildman–Crippen MR) is 130 cm³/mol. The number of benzene rings is 2. The van der Waals surface area contributed by atoms with Gasteiger partial charge in [0.2, 0.25) is 21.8 Å². The summed E-state index contributed by atoms with van der Waals surface area (Å²) in [5.41, 5.74) is 1.58. The van der Waals surface area contributed by atoms with Crippen molar-refractivity contribution in [2.75, 3.05) is 44.0 Å². The highest BCUT2D eigenvalue weighted by molar-refractivity contribution is 7.88. The highest BCUT2D eigenvalue weighted by Gasteiger charge is 2.34. The number of sulfonamides is 1.